The highest BCUT2D eigenvalue weighted by Crippen LogP contribution is 2.24. The molecule has 0 spiro atoms. The third-order valence-corrected chi connectivity index (χ3v) is 3.90. The Labute approximate surface area is 160 Å². The summed E-state index contributed by atoms with van der Waals surface area (Å²) in [4.78, 5) is 24.8. The molecule has 0 fully saturated rings. The van der Waals surface area contributed by atoms with Gasteiger partial charge in [0.2, 0.25) is 6.04 Å². The van der Waals surface area contributed by atoms with Crippen LogP contribution in [0.25, 0.3) is 11.5 Å². The molecule has 0 aliphatic carbocycles. The van der Waals surface area contributed by atoms with Gasteiger partial charge in [0.25, 0.3) is 17.7 Å². The van der Waals surface area contributed by atoms with Crippen LogP contribution >= 0.6 is 0 Å². The maximum Gasteiger partial charge on any atom is 0.338 e. The van der Waals surface area contributed by atoms with Crippen molar-refractivity contribution < 1.29 is 23.1 Å². The van der Waals surface area contributed by atoms with Crippen molar-refractivity contribution in [2.75, 3.05) is 6.61 Å². The molecule has 0 aliphatic heterocycles. The number of ether oxygens (including phenoxy) is 1. The van der Waals surface area contributed by atoms with Crippen molar-refractivity contribution in [3.63, 3.8) is 0 Å². The molecule has 1 atom stereocenters. The summed E-state index contributed by atoms with van der Waals surface area (Å²) in [6, 6.07) is 11.4. The number of nitrogens with one attached hydrogen (secondary N) is 1. The van der Waals surface area contributed by atoms with Crippen LogP contribution in [0.2, 0.25) is 0 Å². The molecule has 3 aromatic rings. The lowest BCUT2D eigenvalue weighted by atomic mass is 10.1. The monoisotopic (exact) mass is 383 g/mol. The smallest absolute Gasteiger partial charge is 0.338 e. The highest BCUT2D eigenvalue weighted by atomic mass is 19.1. The van der Waals surface area contributed by atoms with Crippen molar-refractivity contribution in [3.8, 4) is 11.5 Å². The van der Waals surface area contributed by atoms with E-state index in [1.807, 2.05) is 6.92 Å². The molecule has 28 heavy (non-hydrogen) atoms. The molecule has 144 valence electrons. The molecule has 0 saturated heterocycles. The lowest BCUT2D eigenvalue weighted by Crippen LogP contribution is -2.35. The summed E-state index contributed by atoms with van der Waals surface area (Å²) in [6.45, 7) is 3.63. The van der Waals surface area contributed by atoms with E-state index in [0.29, 0.717) is 5.56 Å². The molecule has 0 aliphatic rings. The Morgan fingerprint density at radius 1 is 1.14 bits per heavy atom. The zero-order valence-corrected chi connectivity index (χ0v) is 15.3. The molecule has 8 heteroatoms. The molecule has 1 amide bonds. The maximum absolute atomic E-state index is 13.9. The quantitative estimate of drug-likeness (QED) is 0.657. The minimum absolute atomic E-state index is 0.0914. The summed E-state index contributed by atoms with van der Waals surface area (Å²) in [5, 5.41) is 10.1. The summed E-state index contributed by atoms with van der Waals surface area (Å²) < 4.78 is 24.4. The number of benzene rings is 2. The van der Waals surface area contributed by atoms with Crippen LogP contribution in [-0.2, 0) is 9.53 Å². The number of hydrogen-bond donors (Lipinski definition) is 1. The first-order valence-electron chi connectivity index (χ1n) is 8.62. The normalized spacial score (nSPS) is 11.7. The third kappa shape index (κ3) is 4.22. The topological polar surface area (TPSA) is 94.3 Å². The molecule has 1 aromatic heterocycles. The predicted octanol–water partition coefficient (Wildman–Crippen LogP) is 3.22. The first kappa shape index (κ1) is 19.2. The summed E-state index contributed by atoms with van der Waals surface area (Å²) in [7, 11) is 0. The van der Waals surface area contributed by atoms with E-state index in [1.165, 1.54) is 18.2 Å². The average molecular weight is 383 g/mol. The number of aryl methyl sites for hydroxylation is 1. The van der Waals surface area contributed by atoms with Gasteiger partial charge in [0, 0.05) is 5.56 Å². The van der Waals surface area contributed by atoms with Gasteiger partial charge in [0.15, 0.2) is 0 Å². The number of carbonyl (C=O) groups is 2. The molecular formula is C20H18FN3O4. The van der Waals surface area contributed by atoms with E-state index in [2.05, 4.69) is 15.5 Å². The maximum atomic E-state index is 13.9. The Bertz CT molecular complexity index is 985. The van der Waals surface area contributed by atoms with Gasteiger partial charge in [-0.2, -0.15) is 0 Å². The Kier molecular flexibility index (Phi) is 5.78. The number of hydrogen-bond acceptors (Lipinski definition) is 6. The number of carbonyl (C=O) groups excluding carboxylic acids is 2. The number of halogens is 1. The molecule has 1 N–H and O–H groups in total. The lowest BCUT2D eigenvalue weighted by molar-refractivity contribution is -0.146. The lowest BCUT2D eigenvalue weighted by Gasteiger charge is -2.14. The third-order valence-electron chi connectivity index (χ3n) is 3.90. The number of rotatable bonds is 6. The van der Waals surface area contributed by atoms with Crippen LogP contribution in [0.3, 0.4) is 0 Å². The summed E-state index contributed by atoms with van der Waals surface area (Å²) in [6.07, 6.45) is 0. The van der Waals surface area contributed by atoms with Gasteiger partial charge in [-0.3, -0.25) is 4.79 Å². The second-order valence-electron chi connectivity index (χ2n) is 5.95. The molecule has 7 nitrogen and oxygen atoms in total. The molecule has 1 heterocycles. The van der Waals surface area contributed by atoms with Gasteiger partial charge in [-0.1, -0.05) is 29.8 Å². The van der Waals surface area contributed by atoms with Crippen LogP contribution in [0.15, 0.2) is 52.9 Å². The van der Waals surface area contributed by atoms with E-state index >= 15 is 0 Å². The fourth-order valence-electron chi connectivity index (χ4n) is 2.46. The predicted molar refractivity (Wildman–Crippen MR) is 97.7 cm³/mol. The highest BCUT2D eigenvalue weighted by molar-refractivity contribution is 5.96. The van der Waals surface area contributed by atoms with Crippen molar-refractivity contribution in [3.05, 3.63) is 71.4 Å². The van der Waals surface area contributed by atoms with Crippen LogP contribution in [-0.4, -0.2) is 28.7 Å². The fourth-order valence-corrected chi connectivity index (χ4v) is 2.46. The van der Waals surface area contributed by atoms with E-state index in [9.17, 15) is 14.0 Å². The SMILES string of the molecule is CCOC(=O)[C@H](NC(=O)c1ccc(C)cc1)c1nnc(-c2ccccc2F)o1. The van der Waals surface area contributed by atoms with Gasteiger partial charge >= 0.3 is 5.97 Å². The molecule has 0 radical (unpaired) electrons. The number of amides is 1. The van der Waals surface area contributed by atoms with E-state index < -0.39 is 23.7 Å². The Morgan fingerprint density at radius 3 is 2.54 bits per heavy atom. The number of nitrogens with zero attached hydrogens (tertiary/aromatic N) is 2. The summed E-state index contributed by atoms with van der Waals surface area (Å²) in [5.74, 6) is -2.12. The van der Waals surface area contributed by atoms with Gasteiger partial charge in [0.1, 0.15) is 5.82 Å². The van der Waals surface area contributed by atoms with Gasteiger partial charge in [-0.25, -0.2) is 9.18 Å². The minimum Gasteiger partial charge on any atom is -0.464 e. The molecule has 0 unspecified atom stereocenters. The standard InChI is InChI=1S/C20H18FN3O4/c1-3-27-20(26)16(22-17(25)13-10-8-12(2)9-11-13)19-24-23-18(28-19)14-6-4-5-7-15(14)21/h4-11,16H,3H2,1-2H3,(H,22,25)/t16-/m1/s1. The molecular weight excluding hydrogens is 365 g/mol. The molecule has 2 aromatic carbocycles. The summed E-state index contributed by atoms with van der Waals surface area (Å²) in [5.41, 5.74) is 1.44. The number of esters is 1. The van der Waals surface area contributed by atoms with E-state index in [4.69, 9.17) is 9.15 Å². The zero-order valence-electron chi connectivity index (χ0n) is 15.3. The number of aromatic nitrogens is 2. The fraction of sp³-hybridized carbons (Fsp3) is 0.200. The van der Waals surface area contributed by atoms with E-state index in [-0.39, 0.29) is 24.0 Å². The first-order valence-corrected chi connectivity index (χ1v) is 8.62. The van der Waals surface area contributed by atoms with Gasteiger partial charge < -0.3 is 14.5 Å². The first-order chi connectivity index (χ1) is 13.5. The Balaban J connectivity index is 1.88. The van der Waals surface area contributed by atoms with Gasteiger partial charge in [-0.05, 0) is 38.1 Å². The van der Waals surface area contributed by atoms with Crippen molar-refractivity contribution in [1.29, 1.82) is 0 Å². The molecule has 0 saturated carbocycles. The van der Waals surface area contributed by atoms with Gasteiger partial charge in [-0.15, -0.1) is 10.2 Å². The van der Waals surface area contributed by atoms with Crippen LogP contribution in [0.5, 0.6) is 0 Å². The second kappa shape index (κ2) is 8.43. The highest BCUT2D eigenvalue weighted by Gasteiger charge is 2.30. The average Bonchev–Trinajstić information content (AvgIpc) is 3.16. The van der Waals surface area contributed by atoms with Crippen molar-refractivity contribution in [2.24, 2.45) is 0 Å². The van der Waals surface area contributed by atoms with Crippen molar-refractivity contribution >= 4 is 11.9 Å². The minimum atomic E-state index is -1.32. The van der Waals surface area contributed by atoms with Crippen LogP contribution in [0.4, 0.5) is 4.39 Å². The second-order valence-corrected chi connectivity index (χ2v) is 5.95. The van der Waals surface area contributed by atoms with E-state index in [1.54, 1.807) is 37.3 Å². The van der Waals surface area contributed by atoms with Crippen LogP contribution in [0.1, 0.15) is 34.8 Å². The molecule has 0 bridgehead atoms. The van der Waals surface area contributed by atoms with Crippen molar-refractivity contribution in [1.82, 2.24) is 15.5 Å². The Morgan fingerprint density at radius 2 is 1.86 bits per heavy atom. The largest absolute Gasteiger partial charge is 0.464 e. The van der Waals surface area contributed by atoms with Crippen LogP contribution in [0, 0.1) is 12.7 Å². The zero-order chi connectivity index (χ0) is 20.1. The molecule has 3 rings (SSSR count). The van der Waals surface area contributed by atoms with E-state index in [0.717, 1.165) is 5.56 Å². The Hall–Kier alpha value is -3.55. The van der Waals surface area contributed by atoms with Gasteiger partial charge in [0.05, 0.1) is 12.2 Å². The summed E-state index contributed by atoms with van der Waals surface area (Å²) >= 11 is 0. The van der Waals surface area contributed by atoms with Crippen LogP contribution < -0.4 is 5.32 Å². The van der Waals surface area contributed by atoms with Crippen molar-refractivity contribution in [2.45, 2.75) is 19.9 Å².